The molecular weight excluding hydrogens is 324 g/mol. The van der Waals surface area contributed by atoms with Crippen molar-refractivity contribution >= 4 is 23.9 Å². The summed E-state index contributed by atoms with van der Waals surface area (Å²) < 4.78 is 0. The Morgan fingerprint density at radius 3 is 1.67 bits per heavy atom. The molecule has 136 valence electrons. The van der Waals surface area contributed by atoms with Gasteiger partial charge in [0, 0.05) is 19.5 Å². The van der Waals surface area contributed by atoms with E-state index in [1.54, 1.807) is 0 Å². The summed E-state index contributed by atoms with van der Waals surface area (Å²) in [6.45, 7) is -2.53. The average Bonchev–Trinajstić information content (AvgIpc) is 2.44. The molecule has 10 heteroatoms. The van der Waals surface area contributed by atoms with Crippen molar-refractivity contribution in [2.75, 3.05) is 26.2 Å². The lowest BCUT2D eigenvalue weighted by atomic mass is 9.87. The third-order valence-electron chi connectivity index (χ3n) is 4.13. The first kappa shape index (κ1) is 19.8. The first-order chi connectivity index (χ1) is 11.2. The van der Waals surface area contributed by atoms with Gasteiger partial charge in [0.2, 0.25) is 0 Å². The Hall–Kier alpha value is -2.20. The smallest absolute Gasteiger partial charge is 0.118 e. The van der Waals surface area contributed by atoms with Crippen LogP contribution in [0.5, 0.6) is 0 Å². The number of quaternary nitrogens is 1. The van der Waals surface area contributed by atoms with Gasteiger partial charge >= 0.3 is 0 Å². The lowest BCUT2D eigenvalue weighted by Crippen LogP contribution is -3.19. The van der Waals surface area contributed by atoms with Gasteiger partial charge in [-0.05, 0) is 12.8 Å². The van der Waals surface area contributed by atoms with Crippen LogP contribution >= 0.6 is 0 Å². The van der Waals surface area contributed by atoms with Crippen LogP contribution in [0, 0.1) is 0 Å². The second-order valence-corrected chi connectivity index (χ2v) is 5.86. The summed E-state index contributed by atoms with van der Waals surface area (Å²) in [5.74, 6) is -5.88. The van der Waals surface area contributed by atoms with Crippen molar-refractivity contribution in [3.05, 3.63) is 0 Å². The van der Waals surface area contributed by atoms with Gasteiger partial charge in [0.25, 0.3) is 0 Å². The molecule has 0 aromatic heterocycles. The van der Waals surface area contributed by atoms with E-state index in [9.17, 15) is 39.6 Å². The zero-order chi connectivity index (χ0) is 18.3. The molecule has 2 atom stereocenters. The number of carboxylic acid groups (broad SMARTS) is 4. The Bertz CT molecular complexity index is 419. The number of rotatable bonds is 10. The number of nitrogens with one attached hydrogen (secondary N) is 1. The summed E-state index contributed by atoms with van der Waals surface area (Å²) in [6, 6.07) is -1.20. The summed E-state index contributed by atoms with van der Waals surface area (Å²) in [4.78, 5) is 44.8. The van der Waals surface area contributed by atoms with Gasteiger partial charge in [0.15, 0.2) is 0 Å². The van der Waals surface area contributed by atoms with Crippen molar-refractivity contribution in [2.24, 2.45) is 0 Å². The number of hydrogen-bond acceptors (Lipinski definition) is 9. The number of aliphatic carboxylic acids is 4. The second kappa shape index (κ2) is 9.18. The monoisotopic (exact) mass is 343 g/mol. The van der Waals surface area contributed by atoms with E-state index < -0.39 is 62.1 Å². The van der Waals surface area contributed by atoms with Gasteiger partial charge in [0.1, 0.15) is 19.1 Å². The number of nitrogens with zero attached hydrogens (tertiary/aromatic N) is 1. The topological polar surface area (TPSA) is 168 Å². The van der Waals surface area contributed by atoms with Gasteiger partial charge in [-0.2, -0.15) is 0 Å². The van der Waals surface area contributed by atoms with Crippen molar-refractivity contribution in [3.8, 4) is 0 Å². The molecule has 0 saturated heterocycles. The van der Waals surface area contributed by atoms with E-state index in [2.05, 4.69) is 0 Å². The van der Waals surface area contributed by atoms with Gasteiger partial charge < -0.3 is 44.5 Å². The summed E-state index contributed by atoms with van der Waals surface area (Å²) >= 11 is 0. The molecule has 1 fully saturated rings. The Balaban J connectivity index is 3.03. The largest absolute Gasteiger partial charge is 0.549 e. The first-order valence-electron chi connectivity index (χ1n) is 7.58. The lowest BCUT2D eigenvalue weighted by Gasteiger charge is -2.43. The number of carbonyl (C=O) groups excluding carboxylic acids is 4. The first-order valence-corrected chi connectivity index (χ1v) is 7.58. The molecule has 1 saturated carbocycles. The van der Waals surface area contributed by atoms with Crippen molar-refractivity contribution in [3.63, 3.8) is 0 Å². The quantitative estimate of drug-likeness (QED) is 0.405. The number of hydrogen-bond donors (Lipinski definition) is 1. The van der Waals surface area contributed by atoms with E-state index in [1.165, 1.54) is 0 Å². The van der Waals surface area contributed by atoms with Crippen LogP contribution in [0.2, 0.25) is 0 Å². The van der Waals surface area contributed by atoms with Crippen molar-refractivity contribution in [1.82, 2.24) is 4.90 Å². The van der Waals surface area contributed by atoms with Crippen molar-refractivity contribution in [1.29, 1.82) is 0 Å². The van der Waals surface area contributed by atoms with E-state index >= 15 is 0 Å². The second-order valence-electron chi connectivity index (χ2n) is 5.86. The Morgan fingerprint density at radius 2 is 1.25 bits per heavy atom. The minimum Gasteiger partial charge on any atom is -0.549 e. The molecule has 0 spiro atoms. The SMILES string of the molecule is O=C([O-])CN(CC(=O)[O-])[C@@H]1CCCC[C@H]1[NH+](CC(=O)[O-])CC(=O)[O-]. The summed E-state index contributed by atoms with van der Waals surface area (Å²) in [6.07, 6.45) is 2.21. The van der Waals surface area contributed by atoms with Crippen molar-refractivity contribution in [2.45, 2.75) is 37.8 Å². The van der Waals surface area contributed by atoms with Crippen LogP contribution in [0.15, 0.2) is 0 Å². The summed E-state index contributed by atoms with van der Waals surface area (Å²) in [7, 11) is 0. The van der Waals surface area contributed by atoms with Gasteiger partial charge in [-0.3, -0.25) is 4.90 Å². The predicted octanol–water partition coefficient (Wildman–Crippen LogP) is -7.52. The Kier molecular flexibility index (Phi) is 7.59. The molecule has 1 N–H and O–H groups in total. The van der Waals surface area contributed by atoms with Gasteiger partial charge in [-0.1, -0.05) is 6.42 Å². The highest BCUT2D eigenvalue weighted by Crippen LogP contribution is 2.21. The van der Waals surface area contributed by atoms with Crippen LogP contribution in [-0.4, -0.2) is 67.0 Å². The van der Waals surface area contributed by atoms with E-state index in [-0.39, 0.29) is 4.90 Å². The third-order valence-corrected chi connectivity index (χ3v) is 4.13. The maximum Gasteiger partial charge on any atom is 0.118 e. The minimum atomic E-state index is -1.48. The lowest BCUT2D eigenvalue weighted by molar-refractivity contribution is -0.918. The molecule has 0 aromatic carbocycles. The molecule has 0 unspecified atom stereocenters. The van der Waals surface area contributed by atoms with Crippen LogP contribution in [0.4, 0.5) is 0 Å². The molecule has 10 nitrogen and oxygen atoms in total. The van der Waals surface area contributed by atoms with E-state index in [0.717, 1.165) is 4.90 Å². The fourth-order valence-electron chi connectivity index (χ4n) is 3.34. The molecule has 0 aliphatic heterocycles. The zero-order valence-electron chi connectivity index (χ0n) is 13.0. The molecular formula is C14H19N2O8-3. The van der Waals surface area contributed by atoms with Crippen LogP contribution in [0.25, 0.3) is 0 Å². The molecule has 0 heterocycles. The summed E-state index contributed by atoms with van der Waals surface area (Å²) in [5, 5.41) is 43.6. The molecule has 0 radical (unpaired) electrons. The molecule has 1 aliphatic rings. The molecule has 0 bridgehead atoms. The van der Waals surface area contributed by atoms with Crippen LogP contribution in [0.3, 0.4) is 0 Å². The molecule has 1 aliphatic carbocycles. The highest BCUT2D eigenvalue weighted by molar-refractivity contribution is 5.70. The normalized spacial score (nSPS) is 20.9. The van der Waals surface area contributed by atoms with Crippen LogP contribution < -0.4 is 25.3 Å². The fourth-order valence-corrected chi connectivity index (χ4v) is 3.34. The Morgan fingerprint density at radius 1 is 0.792 bits per heavy atom. The van der Waals surface area contributed by atoms with E-state index in [4.69, 9.17) is 0 Å². The molecule has 0 aromatic rings. The number of carbonyl (C=O) groups is 4. The predicted molar refractivity (Wildman–Crippen MR) is 68.3 cm³/mol. The Labute approximate surface area is 138 Å². The summed E-state index contributed by atoms with van der Waals surface area (Å²) in [5.41, 5.74) is 0. The van der Waals surface area contributed by atoms with Crippen LogP contribution in [0.1, 0.15) is 25.7 Å². The highest BCUT2D eigenvalue weighted by Gasteiger charge is 2.37. The van der Waals surface area contributed by atoms with Gasteiger partial charge in [-0.25, -0.2) is 0 Å². The van der Waals surface area contributed by atoms with Gasteiger partial charge in [0.05, 0.1) is 29.9 Å². The average molecular weight is 343 g/mol. The third kappa shape index (κ3) is 6.50. The zero-order valence-corrected chi connectivity index (χ0v) is 13.0. The molecule has 0 amide bonds. The maximum atomic E-state index is 10.9. The fraction of sp³-hybridized carbons (Fsp3) is 0.714. The van der Waals surface area contributed by atoms with Crippen LogP contribution in [-0.2, 0) is 19.2 Å². The maximum absolute atomic E-state index is 10.9. The van der Waals surface area contributed by atoms with E-state index in [1.807, 2.05) is 0 Å². The van der Waals surface area contributed by atoms with Gasteiger partial charge in [-0.15, -0.1) is 0 Å². The van der Waals surface area contributed by atoms with E-state index in [0.29, 0.717) is 25.7 Å². The standard InChI is InChI=1S/C14H22N2O8/c17-11(18)5-15(6-12(19)20)9-3-1-2-4-10(9)16(7-13(21)22)8-14(23)24/h9-10H,1-8H2,(H,17,18)(H,19,20)(H,21,22)(H,23,24)/p-3/t9-,10-/m1/s1. The molecule has 1 rings (SSSR count). The molecule has 24 heavy (non-hydrogen) atoms. The number of carboxylic acids is 4. The van der Waals surface area contributed by atoms with Crippen molar-refractivity contribution < 1.29 is 44.5 Å². The minimum absolute atomic E-state index is 0.140. The highest BCUT2D eigenvalue weighted by atomic mass is 16.4.